The Balaban J connectivity index is 1.36. The summed E-state index contributed by atoms with van der Waals surface area (Å²) in [6.07, 6.45) is 4.26. The van der Waals surface area contributed by atoms with E-state index in [1.165, 1.54) is 5.56 Å². The van der Waals surface area contributed by atoms with Crippen molar-refractivity contribution in [1.29, 1.82) is 0 Å². The molecule has 2 aromatic carbocycles. The third kappa shape index (κ3) is 4.90. The molecule has 1 aliphatic rings. The van der Waals surface area contributed by atoms with E-state index in [9.17, 15) is 4.79 Å². The first-order valence-electron chi connectivity index (χ1n) is 9.88. The summed E-state index contributed by atoms with van der Waals surface area (Å²) in [6, 6.07) is 24.9. The molecule has 0 atom stereocenters. The molecule has 0 saturated heterocycles. The van der Waals surface area contributed by atoms with Gasteiger partial charge in [-0.3, -0.25) is 4.79 Å². The van der Waals surface area contributed by atoms with Gasteiger partial charge in [-0.1, -0.05) is 60.7 Å². The summed E-state index contributed by atoms with van der Waals surface area (Å²) in [6.45, 7) is 2.05. The summed E-state index contributed by atoms with van der Waals surface area (Å²) in [4.78, 5) is 14.8. The topological polar surface area (TPSA) is 34.5 Å². The number of aromatic nitrogens is 1. The molecule has 1 heterocycles. The lowest BCUT2D eigenvalue weighted by Gasteiger charge is -2.23. The van der Waals surface area contributed by atoms with E-state index in [0.717, 1.165) is 30.6 Å². The van der Waals surface area contributed by atoms with Crippen LogP contribution in [-0.4, -0.2) is 28.0 Å². The van der Waals surface area contributed by atoms with Crippen molar-refractivity contribution in [3.8, 4) is 0 Å². The summed E-state index contributed by atoms with van der Waals surface area (Å²) in [7, 11) is 0. The van der Waals surface area contributed by atoms with E-state index in [1.54, 1.807) is 0 Å². The summed E-state index contributed by atoms with van der Waals surface area (Å²) in [5.74, 6) is 0.0749. The lowest BCUT2D eigenvalue weighted by Crippen LogP contribution is -2.36. The van der Waals surface area contributed by atoms with Gasteiger partial charge in [0.1, 0.15) is 6.61 Å². The minimum Gasteiger partial charge on any atom is -0.367 e. The van der Waals surface area contributed by atoms with Crippen LogP contribution in [0.1, 0.15) is 29.7 Å². The second kappa shape index (κ2) is 8.89. The second-order valence-electron chi connectivity index (χ2n) is 7.34. The van der Waals surface area contributed by atoms with Crippen LogP contribution >= 0.6 is 0 Å². The normalized spacial score (nSPS) is 13.4. The molecule has 0 radical (unpaired) electrons. The Bertz CT molecular complexity index is 885. The Hall–Kier alpha value is -2.85. The maximum atomic E-state index is 12.8. The molecule has 0 spiro atoms. The number of benzene rings is 2. The van der Waals surface area contributed by atoms with E-state index in [1.807, 2.05) is 41.3 Å². The Kier molecular flexibility index (Phi) is 5.88. The Morgan fingerprint density at radius 2 is 1.61 bits per heavy atom. The van der Waals surface area contributed by atoms with Gasteiger partial charge in [-0.25, -0.2) is 0 Å². The largest absolute Gasteiger partial charge is 0.367 e. The van der Waals surface area contributed by atoms with E-state index in [4.69, 9.17) is 4.74 Å². The Morgan fingerprint density at radius 3 is 2.29 bits per heavy atom. The van der Waals surface area contributed by atoms with Gasteiger partial charge in [0.2, 0.25) is 5.91 Å². The first kappa shape index (κ1) is 18.5. The molecule has 4 rings (SSSR count). The minimum atomic E-state index is 0.0749. The fraction of sp³-hybridized carbons (Fsp3) is 0.292. The number of carbonyl (C=O) groups is 1. The monoisotopic (exact) mass is 374 g/mol. The van der Waals surface area contributed by atoms with Crippen LogP contribution in [0.4, 0.5) is 0 Å². The van der Waals surface area contributed by atoms with Crippen molar-refractivity contribution in [2.75, 3.05) is 6.61 Å². The van der Waals surface area contributed by atoms with Gasteiger partial charge in [0.25, 0.3) is 0 Å². The zero-order chi connectivity index (χ0) is 19.2. The summed E-state index contributed by atoms with van der Waals surface area (Å²) in [5, 5.41) is 0. The van der Waals surface area contributed by atoms with Crippen LogP contribution in [0.25, 0.3) is 0 Å². The first-order chi connectivity index (χ1) is 13.8. The first-order valence-corrected chi connectivity index (χ1v) is 9.88. The average molecular weight is 374 g/mol. The summed E-state index contributed by atoms with van der Waals surface area (Å²) in [5.41, 5.74) is 3.51. The molecule has 1 fully saturated rings. The van der Waals surface area contributed by atoms with Crippen LogP contribution in [0, 0.1) is 0 Å². The lowest BCUT2D eigenvalue weighted by molar-refractivity contribution is -0.137. The van der Waals surface area contributed by atoms with E-state index >= 15 is 0 Å². The number of ether oxygens (including phenoxy) is 1. The molecule has 28 heavy (non-hydrogen) atoms. The molecule has 1 amide bonds. The van der Waals surface area contributed by atoms with Gasteiger partial charge < -0.3 is 14.2 Å². The number of nitrogens with zero attached hydrogens (tertiary/aromatic N) is 2. The highest BCUT2D eigenvalue weighted by molar-refractivity contribution is 5.78. The van der Waals surface area contributed by atoms with Crippen molar-refractivity contribution >= 4 is 5.91 Å². The van der Waals surface area contributed by atoms with Crippen LogP contribution in [0.2, 0.25) is 0 Å². The molecule has 0 N–H and O–H groups in total. The third-order valence-electron chi connectivity index (χ3n) is 5.10. The van der Waals surface area contributed by atoms with E-state index in [2.05, 4.69) is 47.2 Å². The minimum absolute atomic E-state index is 0.0749. The predicted molar refractivity (Wildman–Crippen MR) is 110 cm³/mol. The van der Waals surface area contributed by atoms with Gasteiger partial charge in [-0.05, 0) is 36.1 Å². The molecule has 1 aliphatic carbocycles. The second-order valence-corrected chi connectivity index (χ2v) is 7.34. The van der Waals surface area contributed by atoms with Crippen molar-refractivity contribution in [2.24, 2.45) is 0 Å². The number of hydrogen-bond acceptors (Lipinski definition) is 2. The van der Waals surface area contributed by atoms with Gasteiger partial charge in [0.15, 0.2) is 0 Å². The van der Waals surface area contributed by atoms with Crippen molar-refractivity contribution in [1.82, 2.24) is 9.47 Å². The molecule has 144 valence electrons. The third-order valence-corrected chi connectivity index (χ3v) is 5.10. The quantitative estimate of drug-likeness (QED) is 0.561. The van der Waals surface area contributed by atoms with Gasteiger partial charge in [-0.15, -0.1) is 0 Å². The SMILES string of the molecule is O=C(COCc1ccccc1)N(Cc1cccn1Cc1ccccc1)C1CC1. The molecule has 0 bridgehead atoms. The molecule has 1 aromatic heterocycles. The number of hydrogen-bond donors (Lipinski definition) is 0. The molecule has 3 aromatic rings. The molecule has 4 heteroatoms. The molecular formula is C24H26N2O2. The lowest BCUT2D eigenvalue weighted by atomic mass is 10.2. The summed E-state index contributed by atoms with van der Waals surface area (Å²) >= 11 is 0. The van der Waals surface area contributed by atoms with Gasteiger partial charge in [-0.2, -0.15) is 0 Å². The molecule has 4 nitrogen and oxygen atoms in total. The van der Waals surface area contributed by atoms with Crippen molar-refractivity contribution < 1.29 is 9.53 Å². The Morgan fingerprint density at radius 1 is 0.929 bits per heavy atom. The highest BCUT2D eigenvalue weighted by atomic mass is 16.5. The number of rotatable bonds is 9. The predicted octanol–water partition coefficient (Wildman–Crippen LogP) is 4.24. The molecule has 0 unspecified atom stereocenters. The molecule has 0 aliphatic heterocycles. The van der Waals surface area contributed by atoms with Crippen LogP contribution in [0.3, 0.4) is 0 Å². The Labute approximate surface area is 166 Å². The maximum Gasteiger partial charge on any atom is 0.249 e. The fourth-order valence-corrected chi connectivity index (χ4v) is 3.42. The average Bonchev–Trinajstić information content (AvgIpc) is 3.48. The van der Waals surface area contributed by atoms with Gasteiger partial charge >= 0.3 is 0 Å². The van der Waals surface area contributed by atoms with Gasteiger partial charge in [0.05, 0.1) is 13.2 Å². The number of carbonyl (C=O) groups excluding carboxylic acids is 1. The summed E-state index contributed by atoms with van der Waals surface area (Å²) < 4.78 is 7.91. The number of amides is 1. The van der Waals surface area contributed by atoms with Crippen LogP contribution in [0.5, 0.6) is 0 Å². The van der Waals surface area contributed by atoms with Crippen LogP contribution in [0.15, 0.2) is 79.0 Å². The van der Waals surface area contributed by atoms with Crippen molar-refractivity contribution in [3.05, 3.63) is 95.8 Å². The molecule has 1 saturated carbocycles. The fourth-order valence-electron chi connectivity index (χ4n) is 3.42. The zero-order valence-corrected chi connectivity index (χ0v) is 16.0. The standard InChI is InChI=1S/C24H26N2O2/c27-24(19-28-18-21-10-5-2-6-11-21)26(22-13-14-22)17-23-12-7-15-25(23)16-20-8-3-1-4-9-20/h1-12,15,22H,13-14,16-19H2. The smallest absolute Gasteiger partial charge is 0.249 e. The van der Waals surface area contributed by atoms with Gasteiger partial charge in [0, 0.05) is 24.5 Å². The maximum absolute atomic E-state index is 12.8. The van der Waals surface area contributed by atoms with Crippen LogP contribution in [-0.2, 0) is 29.2 Å². The highest BCUT2D eigenvalue weighted by Crippen LogP contribution is 2.28. The van der Waals surface area contributed by atoms with Crippen molar-refractivity contribution in [3.63, 3.8) is 0 Å². The van der Waals surface area contributed by atoms with E-state index in [0.29, 0.717) is 19.2 Å². The van der Waals surface area contributed by atoms with Crippen molar-refractivity contribution in [2.45, 2.75) is 38.6 Å². The molecular weight excluding hydrogens is 348 g/mol. The van der Waals surface area contributed by atoms with E-state index < -0.39 is 0 Å². The van der Waals surface area contributed by atoms with Crippen LogP contribution < -0.4 is 0 Å². The zero-order valence-electron chi connectivity index (χ0n) is 16.0. The highest BCUT2D eigenvalue weighted by Gasteiger charge is 2.32. The van der Waals surface area contributed by atoms with E-state index in [-0.39, 0.29) is 12.5 Å².